The Bertz CT molecular complexity index is 330. The molecule has 1 aromatic carbocycles. The quantitative estimate of drug-likeness (QED) is 0.757. The number of rotatable bonds is 5. The van der Waals surface area contributed by atoms with E-state index in [0.29, 0.717) is 11.5 Å². The summed E-state index contributed by atoms with van der Waals surface area (Å²) < 4.78 is 0. The minimum absolute atomic E-state index is 0.000216. The van der Waals surface area contributed by atoms with Crippen LogP contribution >= 0.6 is 12.6 Å². The van der Waals surface area contributed by atoms with Gasteiger partial charge in [0.05, 0.1) is 0 Å². The van der Waals surface area contributed by atoms with Gasteiger partial charge in [0.1, 0.15) is 0 Å². The van der Waals surface area contributed by atoms with Gasteiger partial charge in [-0.1, -0.05) is 26.7 Å². The fourth-order valence-electron chi connectivity index (χ4n) is 1.53. The van der Waals surface area contributed by atoms with Crippen LogP contribution in [0, 0.1) is 5.92 Å². The summed E-state index contributed by atoms with van der Waals surface area (Å²) in [5, 5.41) is 2.96. The maximum atomic E-state index is 11.8. The smallest absolute Gasteiger partial charge is 0.251 e. The lowest BCUT2D eigenvalue weighted by Gasteiger charge is -2.13. The van der Waals surface area contributed by atoms with Crippen molar-refractivity contribution in [2.24, 2.45) is 5.92 Å². The molecule has 1 aromatic rings. The van der Waals surface area contributed by atoms with Crippen molar-refractivity contribution in [1.82, 2.24) is 5.32 Å². The van der Waals surface area contributed by atoms with Crippen molar-refractivity contribution in [3.8, 4) is 0 Å². The summed E-state index contributed by atoms with van der Waals surface area (Å²) in [6.07, 6.45) is 2.21. The van der Waals surface area contributed by atoms with Gasteiger partial charge < -0.3 is 5.32 Å². The molecule has 16 heavy (non-hydrogen) atoms. The first-order chi connectivity index (χ1) is 7.67. The summed E-state index contributed by atoms with van der Waals surface area (Å²) in [6.45, 7) is 5.06. The molecule has 0 aliphatic heterocycles. The number of amides is 1. The molecule has 3 heteroatoms. The molecule has 88 valence electrons. The van der Waals surface area contributed by atoms with Gasteiger partial charge in [-0.3, -0.25) is 4.79 Å². The molecule has 0 aromatic heterocycles. The van der Waals surface area contributed by atoms with Gasteiger partial charge in [0.25, 0.3) is 5.91 Å². The van der Waals surface area contributed by atoms with E-state index >= 15 is 0 Å². The zero-order chi connectivity index (χ0) is 12.0. The first-order valence-electron chi connectivity index (χ1n) is 5.74. The molecule has 0 spiro atoms. The molecule has 0 fully saturated rings. The van der Waals surface area contributed by atoms with E-state index in [-0.39, 0.29) is 5.91 Å². The van der Waals surface area contributed by atoms with E-state index < -0.39 is 0 Å². The van der Waals surface area contributed by atoms with Gasteiger partial charge in [-0.15, -0.1) is 12.6 Å². The van der Waals surface area contributed by atoms with Crippen molar-refractivity contribution in [3.05, 3.63) is 29.8 Å². The summed E-state index contributed by atoms with van der Waals surface area (Å²) in [5.74, 6) is 0.577. The van der Waals surface area contributed by atoms with E-state index in [9.17, 15) is 4.79 Å². The summed E-state index contributed by atoms with van der Waals surface area (Å²) in [5.41, 5.74) is 0.698. The maximum absolute atomic E-state index is 11.8. The van der Waals surface area contributed by atoms with Crippen LogP contribution in [0.1, 0.15) is 37.0 Å². The highest BCUT2D eigenvalue weighted by Gasteiger charge is 2.08. The Morgan fingerprint density at radius 3 is 2.31 bits per heavy atom. The Hall–Kier alpha value is -0.960. The van der Waals surface area contributed by atoms with E-state index in [4.69, 9.17) is 0 Å². The third kappa shape index (κ3) is 3.89. The molecule has 0 radical (unpaired) electrons. The Kier molecular flexibility index (Phi) is 5.39. The molecule has 0 saturated heterocycles. The normalized spacial score (nSPS) is 10.5. The highest BCUT2D eigenvalue weighted by molar-refractivity contribution is 7.80. The van der Waals surface area contributed by atoms with Crippen molar-refractivity contribution >= 4 is 18.5 Å². The average molecular weight is 237 g/mol. The fraction of sp³-hybridized carbons (Fsp3) is 0.462. The van der Waals surface area contributed by atoms with E-state index in [1.165, 1.54) is 0 Å². The number of carbonyl (C=O) groups is 1. The molecule has 2 nitrogen and oxygen atoms in total. The molecule has 0 aliphatic carbocycles. The van der Waals surface area contributed by atoms with Gasteiger partial charge >= 0.3 is 0 Å². The molecule has 0 heterocycles. The van der Waals surface area contributed by atoms with Crippen molar-refractivity contribution in [2.75, 3.05) is 6.54 Å². The van der Waals surface area contributed by atoms with Gasteiger partial charge in [0, 0.05) is 17.0 Å². The highest BCUT2D eigenvalue weighted by Crippen LogP contribution is 2.09. The van der Waals surface area contributed by atoms with Crippen molar-refractivity contribution in [2.45, 2.75) is 31.6 Å². The van der Waals surface area contributed by atoms with Gasteiger partial charge in [0.2, 0.25) is 0 Å². The second-order valence-corrected chi connectivity index (χ2v) is 4.46. The summed E-state index contributed by atoms with van der Waals surface area (Å²) in [4.78, 5) is 12.6. The molecule has 0 unspecified atom stereocenters. The minimum atomic E-state index is 0.000216. The first-order valence-corrected chi connectivity index (χ1v) is 6.19. The monoisotopic (exact) mass is 237 g/mol. The van der Waals surface area contributed by atoms with Gasteiger partial charge in [-0.05, 0) is 30.2 Å². The maximum Gasteiger partial charge on any atom is 0.251 e. The lowest BCUT2D eigenvalue weighted by Crippen LogP contribution is -2.28. The van der Waals surface area contributed by atoms with E-state index in [1.54, 1.807) is 12.1 Å². The second kappa shape index (κ2) is 6.59. The van der Waals surface area contributed by atoms with Gasteiger partial charge in [0.15, 0.2) is 0 Å². The standard InChI is InChI=1S/C13H19NOS/c1-3-10(4-2)9-14-13(15)11-5-7-12(16)8-6-11/h5-8,10,16H,3-4,9H2,1-2H3,(H,14,15). The van der Waals surface area contributed by atoms with E-state index in [2.05, 4.69) is 31.8 Å². The summed E-state index contributed by atoms with van der Waals surface area (Å²) >= 11 is 4.18. The first kappa shape index (κ1) is 13.1. The Balaban J connectivity index is 2.49. The number of nitrogens with one attached hydrogen (secondary N) is 1. The van der Waals surface area contributed by atoms with Crippen molar-refractivity contribution < 1.29 is 4.79 Å². The number of benzene rings is 1. The van der Waals surface area contributed by atoms with Crippen LogP contribution in [0.25, 0.3) is 0 Å². The van der Waals surface area contributed by atoms with Crippen molar-refractivity contribution in [3.63, 3.8) is 0 Å². The van der Waals surface area contributed by atoms with Crippen LogP contribution in [-0.4, -0.2) is 12.5 Å². The van der Waals surface area contributed by atoms with Crippen LogP contribution in [0.15, 0.2) is 29.2 Å². The molecule has 0 aliphatic rings. The average Bonchev–Trinajstić information content (AvgIpc) is 2.31. The molecule has 0 atom stereocenters. The molecule has 1 amide bonds. The molecular weight excluding hydrogens is 218 g/mol. The van der Waals surface area contributed by atoms with Crippen LogP contribution in [0.3, 0.4) is 0 Å². The van der Waals surface area contributed by atoms with Crippen LogP contribution in [0.2, 0.25) is 0 Å². The van der Waals surface area contributed by atoms with E-state index in [1.807, 2.05) is 12.1 Å². The lowest BCUT2D eigenvalue weighted by molar-refractivity contribution is 0.0946. The van der Waals surface area contributed by atoms with Crippen LogP contribution in [0.4, 0.5) is 0 Å². The molecular formula is C13H19NOS. The Labute approximate surface area is 103 Å². The third-order valence-electron chi connectivity index (χ3n) is 2.84. The SMILES string of the molecule is CCC(CC)CNC(=O)c1ccc(S)cc1. The Morgan fingerprint density at radius 2 is 1.81 bits per heavy atom. The largest absolute Gasteiger partial charge is 0.352 e. The molecule has 0 saturated carbocycles. The lowest BCUT2D eigenvalue weighted by atomic mass is 10.0. The van der Waals surface area contributed by atoms with Crippen molar-refractivity contribution in [1.29, 1.82) is 0 Å². The third-order valence-corrected chi connectivity index (χ3v) is 3.13. The zero-order valence-corrected chi connectivity index (χ0v) is 10.8. The number of hydrogen-bond acceptors (Lipinski definition) is 2. The number of thiol groups is 1. The van der Waals surface area contributed by atoms with Crippen LogP contribution in [-0.2, 0) is 0 Å². The molecule has 0 bridgehead atoms. The topological polar surface area (TPSA) is 29.1 Å². The van der Waals surface area contributed by atoms with Gasteiger partial charge in [-0.25, -0.2) is 0 Å². The van der Waals surface area contributed by atoms with Crippen LogP contribution in [0.5, 0.6) is 0 Å². The zero-order valence-electron chi connectivity index (χ0n) is 9.86. The predicted molar refractivity (Wildman–Crippen MR) is 70.1 cm³/mol. The number of hydrogen-bond donors (Lipinski definition) is 2. The predicted octanol–water partition coefficient (Wildman–Crippen LogP) is 3.14. The highest BCUT2D eigenvalue weighted by atomic mass is 32.1. The Morgan fingerprint density at radius 1 is 1.25 bits per heavy atom. The molecule has 1 N–H and O–H groups in total. The molecule has 1 rings (SSSR count). The minimum Gasteiger partial charge on any atom is -0.352 e. The summed E-state index contributed by atoms with van der Waals surface area (Å²) in [7, 11) is 0. The van der Waals surface area contributed by atoms with Gasteiger partial charge in [-0.2, -0.15) is 0 Å². The fourth-order valence-corrected chi connectivity index (χ4v) is 1.68. The van der Waals surface area contributed by atoms with Crippen LogP contribution < -0.4 is 5.32 Å². The summed E-state index contributed by atoms with van der Waals surface area (Å²) in [6, 6.07) is 7.25. The number of carbonyl (C=O) groups excluding carboxylic acids is 1. The van der Waals surface area contributed by atoms with E-state index in [0.717, 1.165) is 24.3 Å². The second-order valence-electron chi connectivity index (χ2n) is 3.94.